The smallest absolute Gasteiger partial charge is 0.462 e. The zero-order valence-electron chi connectivity index (χ0n) is 38.2. The molecule has 0 aromatic carbocycles. The number of rotatable bonds is 39. The van der Waals surface area contributed by atoms with Crippen LogP contribution in [0.5, 0.6) is 0 Å². The van der Waals surface area contributed by atoms with E-state index in [1.54, 1.807) is 0 Å². The van der Waals surface area contributed by atoms with Crippen molar-refractivity contribution in [3.8, 4) is 0 Å². The van der Waals surface area contributed by atoms with Crippen LogP contribution in [0.2, 0.25) is 0 Å². The zero-order valence-corrected chi connectivity index (χ0v) is 39.1. The van der Waals surface area contributed by atoms with Crippen molar-refractivity contribution in [2.24, 2.45) is 0 Å². The first-order valence-corrected chi connectivity index (χ1v) is 25.2. The number of esters is 2. The molecule has 1 saturated carbocycles. The summed E-state index contributed by atoms with van der Waals surface area (Å²) in [6.45, 7) is 3.11. The zero-order chi connectivity index (χ0) is 46.6. The fraction of sp³-hybridized carbons (Fsp3) is 0.787. The Labute approximate surface area is 377 Å². The maximum Gasteiger partial charge on any atom is 0.472 e. The predicted octanol–water partition coefficient (Wildman–Crippen LogP) is 8.64. The Kier molecular flexibility index (Phi) is 35.3. The van der Waals surface area contributed by atoms with Crippen LogP contribution in [0.15, 0.2) is 48.6 Å². The second-order valence-corrected chi connectivity index (χ2v) is 17.9. The Morgan fingerprint density at radius 3 is 1.65 bits per heavy atom. The van der Waals surface area contributed by atoms with Crippen molar-refractivity contribution >= 4 is 19.8 Å². The van der Waals surface area contributed by atoms with Gasteiger partial charge in [0.15, 0.2) is 6.10 Å². The summed E-state index contributed by atoms with van der Waals surface area (Å²) in [6.07, 6.45) is 26.2. The number of hydrogen-bond donors (Lipinski definition) is 7. The fourth-order valence-electron chi connectivity index (χ4n) is 7.00. The third-order valence-corrected chi connectivity index (χ3v) is 11.9. The first-order chi connectivity index (χ1) is 30.4. The summed E-state index contributed by atoms with van der Waals surface area (Å²) in [5.74, 6) is -1.20. The summed E-state index contributed by atoms with van der Waals surface area (Å²) in [5.41, 5.74) is 0. The molecule has 0 aromatic rings. The molecule has 16 heteroatoms. The number of carbonyl (C=O) groups excluding carboxylic acids is 2. The lowest BCUT2D eigenvalue weighted by atomic mass is 9.85. The van der Waals surface area contributed by atoms with Crippen LogP contribution in [0, 0.1) is 0 Å². The Hall–Kier alpha value is -2.27. The van der Waals surface area contributed by atoms with Gasteiger partial charge in [-0.1, -0.05) is 172 Å². The van der Waals surface area contributed by atoms with E-state index in [0.29, 0.717) is 25.7 Å². The Morgan fingerprint density at radius 1 is 0.587 bits per heavy atom. The number of hydrogen-bond acceptors (Lipinski definition) is 14. The number of ether oxygens (including phenoxy) is 2. The highest BCUT2D eigenvalue weighted by Crippen LogP contribution is 2.47. The molecule has 1 fully saturated rings. The number of carbonyl (C=O) groups is 2. The number of phosphoric acid groups is 1. The second kappa shape index (κ2) is 37.9. The van der Waals surface area contributed by atoms with Crippen LogP contribution in [0.25, 0.3) is 0 Å². The van der Waals surface area contributed by atoms with Crippen molar-refractivity contribution in [2.75, 3.05) is 13.2 Å². The van der Waals surface area contributed by atoms with Crippen LogP contribution in [-0.4, -0.2) is 110 Å². The van der Waals surface area contributed by atoms with E-state index in [1.807, 2.05) is 48.6 Å². The van der Waals surface area contributed by atoms with E-state index in [9.17, 15) is 44.6 Å². The largest absolute Gasteiger partial charge is 0.472 e. The van der Waals surface area contributed by atoms with E-state index in [1.165, 1.54) is 70.6 Å². The molecule has 0 bridgehead atoms. The number of aliphatic hydroxyl groups excluding tert-OH is 5. The van der Waals surface area contributed by atoms with Gasteiger partial charge >= 0.3 is 19.8 Å². The van der Waals surface area contributed by atoms with Crippen LogP contribution in [-0.2, 0) is 37.6 Å². The number of aliphatic hydroxyl groups is 5. The first-order valence-electron chi connectivity index (χ1n) is 23.7. The maximum atomic E-state index is 12.8. The summed E-state index contributed by atoms with van der Waals surface area (Å²) in [6, 6.07) is 0. The molecule has 0 aromatic heterocycles. The average Bonchev–Trinajstić information content (AvgIpc) is 3.27. The standard InChI is InChI=1S/C47H83O15P/c1-3-5-7-8-9-10-11-12-13-14-17-20-23-26-30-34-40(48)58-36-39(37-59-63(56,57)62-47-45(53)43(51)42(50)44(52)46(47)54)60-41(49)35-31-27-24-21-18-15-16-19-22-25-29-33-38(61-55)32-28-6-4-2/h15-16,21-22,24-25,29,33,38-39,42-47,50-55H,3-14,17-20,23,26-28,30-32,34-37H2,1-2H3,(H,56,57)/b16-15-,24-21-,25-22-,33-29+/t38?,39-,42?,43-,44+,45-,46-,47?/m1/s1. The molecule has 0 aliphatic heterocycles. The van der Waals surface area contributed by atoms with Crippen molar-refractivity contribution in [2.45, 2.75) is 223 Å². The fourth-order valence-corrected chi connectivity index (χ4v) is 7.97. The normalized spacial score (nSPS) is 22.6. The van der Waals surface area contributed by atoms with Gasteiger partial charge in [0, 0.05) is 12.8 Å². The molecule has 0 radical (unpaired) electrons. The van der Waals surface area contributed by atoms with Gasteiger partial charge in [0.05, 0.1) is 6.61 Å². The monoisotopic (exact) mass is 919 g/mol. The van der Waals surface area contributed by atoms with E-state index >= 15 is 0 Å². The summed E-state index contributed by atoms with van der Waals surface area (Å²) < 4.78 is 33.5. The Bertz CT molecular complexity index is 1310. The van der Waals surface area contributed by atoms with Gasteiger partial charge in [-0.15, -0.1) is 0 Å². The minimum absolute atomic E-state index is 0.00526. The Balaban J connectivity index is 2.53. The van der Waals surface area contributed by atoms with Crippen molar-refractivity contribution in [1.29, 1.82) is 0 Å². The lowest BCUT2D eigenvalue weighted by Gasteiger charge is -2.41. The Morgan fingerprint density at radius 2 is 1.08 bits per heavy atom. The topological polar surface area (TPSA) is 239 Å². The first kappa shape index (κ1) is 58.7. The van der Waals surface area contributed by atoms with Gasteiger partial charge in [0.25, 0.3) is 0 Å². The maximum absolute atomic E-state index is 12.8. The highest BCUT2D eigenvalue weighted by molar-refractivity contribution is 7.47. The molecule has 0 amide bonds. The molecule has 4 unspecified atom stereocenters. The minimum atomic E-state index is -5.15. The molecule has 0 spiro atoms. The third kappa shape index (κ3) is 29.8. The minimum Gasteiger partial charge on any atom is -0.462 e. The van der Waals surface area contributed by atoms with E-state index in [4.69, 9.17) is 23.8 Å². The molecular weight excluding hydrogens is 835 g/mol. The van der Waals surface area contributed by atoms with Crippen molar-refractivity contribution in [3.63, 3.8) is 0 Å². The highest BCUT2D eigenvalue weighted by atomic mass is 31.2. The van der Waals surface area contributed by atoms with Gasteiger partial charge in [-0.25, -0.2) is 9.45 Å². The molecule has 0 saturated heterocycles. The summed E-state index contributed by atoms with van der Waals surface area (Å²) in [5, 5.41) is 59.2. The summed E-state index contributed by atoms with van der Waals surface area (Å²) in [7, 11) is -5.15. The summed E-state index contributed by atoms with van der Waals surface area (Å²) in [4.78, 5) is 40.2. The SMILES string of the molecule is CCCCCCCCCCCCCCCCCC(=O)OC[C@H](COP(=O)(O)OC1[C@H](O)[C@H](O)C(O)[C@H](O)[C@H]1O)OC(=O)CCC/C=C\C/C=C\C/C=C\C=C\C(CCCCC)OO. The van der Waals surface area contributed by atoms with Crippen LogP contribution in [0.3, 0.4) is 0 Å². The van der Waals surface area contributed by atoms with Gasteiger partial charge in [0.2, 0.25) is 0 Å². The van der Waals surface area contributed by atoms with Crippen molar-refractivity contribution in [3.05, 3.63) is 48.6 Å². The van der Waals surface area contributed by atoms with Gasteiger partial charge < -0.3 is 39.9 Å². The number of unbranched alkanes of at least 4 members (excludes halogenated alkanes) is 17. The van der Waals surface area contributed by atoms with E-state index in [-0.39, 0.29) is 18.9 Å². The molecule has 1 aliphatic carbocycles. The van der Waals surface area contributed by atoms with Crippen LogP contribution < -0.4 is 0 Å². The predicted molar refractivity (Wildman–Crippen MR) is 242 cm³/mol. The van der Waals surface area contributed by atoms with E-state index in [0.717, 1.165) is 51.4 Å². The van der Waals surface area contributed by atoms with Crippen LogP contribution in [0.4, 0.5) is 0 Å². The van der Waals surface area contributed by atoms with Crippen molar-refractivity contribution in [1.82, 2.24) is 0 Å². The van der Waals surface area contributed by atoms with Gasteiger partial charge in [0.1, 0.15) is 49.3 Å². The van der Waals surface area contributed by atoms with E-state index in [2.05, 4.69) is 18.7 Å². The molecule has 15 nitrogen and oxygen atoms in total. The van der Waals surface area contributed by atoms with Gasteiger partial charge in [-0.2, -0.15) is 0 Å². The van der Waals surface area contributed by atoms with Gasteiger partial charge in [-0.05, 0) is 38.5 Å². The van der Waals surface area contributed by atoms with Crippen molar-refractivity contribution < 1.29 is 73.2 Å². The van der Waals surface area contributed by atoms with Crippen LogP contribution in [0.1, 0.15) is 174 Å². The molecule has 1 aliphatic rings. The average molecular weight is 919 g/mol. The lowest BCUT2D eigenvalue weighted by molar-refractivity contribution is -0.267. The summed E-state index contributed by atoms with van der Waals surface area (Å²) >= 11 is 0. The highest BCUT2D eigenvalue weighted by Gasteiger charge is 2.51. The molecule has 63 heavy (non-hydrogen) atoms. The molecular formula is C47H83O15P. The molecule has 9 atom stereocenters. The molecule has 366 valence electrons. The quantitative estimate of drug-likeness (QED) is 0.00581. The molecule has 1 rings (SSSR count). The van der Waals surface area contributed by atoms with Gasteiger partial charge in [-0.3, -0.25) is 23.9 Å². The molecule has 7 N–H and O–H groups in total. The number of phosphoric ester groups is 1. The third-order valence-electron chi connectivity index (χ3n) is 10.9. The molecule has 0 heterocycles. The van der Waals surface area contributed by atoms with E-state index < -0.39 is 75.7 Å². The lowest BCUT2D eigenvalue weighted by Crippen LogP contribution is -2.64. The number of allylic oxidation sites excluding steroid dienone is 7. The van der Waals surface area contributed by atoms with Crippen LogP contribution >= 0.6 is 7.82 Å². The second-order valence-electron chi connectivity index (χ2n) is 16.5.